The van der Waals surface area contributed by atoms with Crippen molar-refractivity contribution in [2.45, 2.75) is 258 Å². The molecule has 0 fully saturated rings. The fourth-order valence-electron chi connectivity index (χ4n) is 7.58. The minimum atomic E-state index is -0.799. The summed E-state index contributed by atoms with van der Waals surface area (Å²) in [6, 6.07) is 0. The molecule has 0 aromatic heterocycles. The van der Waals surface area contributed by atoms with Crippen LogP contribution in [0.25, 0.3) is 0 Å². The zero-order valence-electron chi connectivity index (χ0n) is 44.8. The van der Waals surface area contributed by atoms with E-state index in [1.54, 1.807) is 0 Å². The molecule has 0 heterocycles. The van der Waals surface area contributed by atoms with Crippen LogP contribution in [0.15, 0.2) is 109 Å². The van der Waals surface area contributed by atoms with Gasteiger partial charge in [0, 0.05) is 19.3 Å². The van der Waals surface area contributed by atoms with Gasteiger partial charge in [0.2, 0.25) is 0 Å². The second kappa shape index (κ2) is 56.7. The molecule has 0 amide bonds. The summed E-state index contributed by atoms with van der Waals surface area (Å²) in [5.41, 5.74) is 0. The summed E-state index contributed by atoms with van der Waals surface area (Å²) in [6.07, 6.45) is 76.5. The van der Waals surface area contributed by atoms with Crippen molar-refractivity contribution in [2.75, 3.05) is 13.2 Å². The van der Waals surface area contributed by atoms with Gasteiger partial charge in [0.15, 0.2) is 6.10 Å². The summed E-state index contributed by atoms with van der Waals surface area (Å²) in [5, 5.41) is 0. The van der Waals surface area contributed by atoms with Gasteiger partial charge in [-0.05, 0) is 103 Å². The quantitative estimate of drug-likeness (QED) is 0.0262. The van der Waals surface area contributed by atoms with Crippen molar-refractivity contribution in [3.05, 3.63) is 109 Å². The monoisotopic (exact) mass is 957 g/mol. The van der Waals surface area contributed by atoms with Crippen molar-refractivity contribution in [1.29, 1.82) is 0 Å². The Bertz CT molecular complexity index is 1420. The molecule has 1 atom stereocenters. The molecule has 0 bridgehead atoms. The van der Waals surface area contributed by atoms with E-state index in [9.17, 15) is 14.4 Å². The molecule has 0 rings (SSSR count). The molecule has 0 aromatic carbocycles. The molecule has 0 saturated heterocycles. The molecule has 0 aliphatic heterocycles. The molecule has 0 radical (unpaired) electrons. The van der Waals surface area contributed by atoms with Crippen molar-refractivity contribution < 1.29 is 28.6 Å². The molecule has 0 aliphatic rings. The molecular weight excluding hydrogens is 853 g/mol. The Balaban J connectivity index is 4.42. The van der Waals surface area contributed by atoms with Crippen LogP contribution in [0.3, 0.4) is 0 Å². The van der Waals surface area contributed by atoms with Crippen molar-refractivity contribution in [3.8, 4) is 0 Å². The normalized spacial score (nSPS) is 12.9. The van der Waals surface area contributed by atoms with Gasteiger partial charge in [0.05, 0.1) is 0 Å². The summed E-state index contributed by atoms with van der Waals surface area (Å²) in [5.74, 6) is -0.935. The highest BCUT2D eigenvalue weighted by Crippen LogP contribution is 2.15. The molecule has 6 nitrogen and oxygen atoms in total. The van der Waals surface area contributed by atoms with Crippen LogP contribution in [0.5, 0.6) is 0 Å². The first-order chi connectivity index (χ1) is 34.0. The van der Waals surface area contributed by atoms with Gasteiger partial charge in [-0.25, -0.2) is 0 Å². The van der Waals surface area contributed by atoms with Crippen LogP contribution in [0.1, 0.15) is 252 Å². The van der Waals surface area contributed by atoms with Crippen molar-refractivity contribution in [2.24, 2.45) is 0 Å². The molecule has 0 saturated carbocycles. The van der Waals surface area contributed by atoms with E-state index in [2.05, 4.69) is 130 Å². The fourth-order valence-corrected chi connectivity index (χ4v) is 7.58. The van der Waals surface area contributed by atoms with Crippen molar-refractivity contribution >= 4 is 17.9 Å². The average Bonchev–Trinajstić information content (AvgIpc) is 3.35. The van der Waals surface area contributed by atoms with Gasteiger partial charge in [-0.15, -0.1) is 0 Å². The number of ether oxygens (including phenoxy) is 3. The van der Waals surface area contributed by atoms with Crippen LogP contribution in [-0.4, -0.2) is 37.2 Å². The Labute approximate surface area is 425 Å². The number of unbranched alkanes of at least 4 members (excludes halogenated alkanes) is 21. The van der Waals surface area contributed by atoms with Gasteiger partial charge in [0.25, 0.3) is 0 Å². The largest absolute Gasteiger partial charge is 0.462 e. The molecular formula is C63H104O6. The summed E-state index contributed by atoms with van der Waals surface area (Å²) >= 11 is 0. The zero-order chi connectivity index (χ0) is 50.0. The third-order valence-corrected chi connectivity index (χ3v) is 11.8. The van der Waals surface area contributed by atoms with Crippen LogP contribution >= 0.6 is 0 Å². The first kappa shape index (κ1) is 65.1. The van der Waals surface area contributed by atoms with Gasteiger partial charge < -0.3 is 14.2 Å². The van der Waals surface area contributed by atoms with Gasteiger partial charge in [0.1, 0.15) is 13.2 Å². The molecule has 0 N–H and O–H groups in total. The lowest BCUT2D eigenvalue weighted by Crippen LogP contribution is -2.30. The molecule has 0 aromatic rings. The highest BCUT2D eigenvalue weighted by atomic mass is 16.6. The summed E-state index contributed by atoms with van der Waals surface area (Å²) in [4.78, 5) is 38.1. The third-order valence-electron chi connectivity index (χ3n) is 11.8. The Morgan fingerprint density at radius 1 is 0.304 bits per heavy atom. The standard InChI is InChI=1S/C63H104O6/c1-4-7-10-13-16-19-22-24-26-28-30-31-33-34-36-38-41-44-47-50-53-56-62(65)68-59-60(58-67-61(64)55-52-49-46-43-40-21-18-15-12-9-6-3)69-63(66)57-54-51-48-45-42-39-37-35-32-29-27-25-23-20-17-14-11-8-5-2/h7-8,10-11,16-17,19-20,24-27,30-32,35,39,42,60H,4-6,9,12-15,18,21-23,28-29,33-34,36-38,40-41,43-59H2,1-3H3/b10-7-,11-8-,19-16-,20-17-,26-24-,27-25-,31-30-,35-32-,42-39-. The topological polar surface area (TPSA) is 78.9 Å². The number of carbonyl (C=O) groups excluding carboxylic acids is 3. The predicted octanol–water partition coefficient (Wildman–Crippen LogP) is 19.1. The smallest absolute Gasteiger partial charge is 0.306 e. The fraction of sp³-hybridized carbons (Fsp3) is 0.667. The summed E-state index contributed by atoms with van der Waals surface area (Å²) in [7, 11) is 0. The molecule has 0 aliphatic carbocycles. The highest BCUT2D eigenvalue weighted by molar-refractivity contribution is 5.71. The SMILES string of the molecule is CC/C=C\C/C=C\C/C=C\C/C=C\C/C=C\CCCCCC(=O)OC(COC(=O)CCCCCCCCCC/C=C\C/C=C\C/C=C\C/C=C\CC)COC(=O)CCCCCCCCCCCCC. The van der Waals surface area contributed by atoms with E-state index < -0.39 is 6.10 Å². The number of carbonyl (C=O) groups is 3. The average molecular weight is 958 g/mol. The Morgan fingerprint density at radius 2 is 0.565 bits per heavy atom. The minimum Gasteiger partial charge on any atom is -0.462 e. The second-order valence-corrected chi connectivity index (χ2v) is 18.4. The lowest BCUT2D eigenvalue weighted by atomic mass is 10.1. The lowest BCUT2D eigenvalue weighted by molar-refractivity contribution is -0.167. The lowest BCUT2D eigenvalue weighted by Gasteiger charge is -2.18. The molecule has 6 heteroatoms. The third kappa shape index (κ3) is 54.9. The van der Waals surface area contributed by atoms with E-state index in [1.165, 1.54) is 83.5 Å². The summed E-state index contributed by atoms with van der Waals surface area (Å²) in [6.45, 7) is 6.37. The van der Waals surface area contributed by atoms with Gasteiger partial charge in [-0.1, -0.05) is 239 Å². The molecule has 0 spiro atoms. The van der Waals surface area contributed by atoms with E-state index in [-0.39, 0.29) is 37.5 Å². The van der Waals surface area contributed by atoms with Gasteiger partial charge >= 0.3 is 17.9 Å². The number of hydrogen-bond acceptors (Lipinski definition) is 6. The van der Waals surface area contributed by atoms with Crippen LogP contribution < -0.4 is 0 Å². The van der Waals surface area contributed by atoms with Gasteiger partial charge in [-0.3, -0.25) is 14.4 Å². The van der Waals surface area contributed by atoms with E-state index >= 15 is 0 Å². The highest BCUT2D eigenvalue weighted by Gasteiger charge is 2.19. The molecule has 392 valence electrons. The maximum atomic E-state index is 12.8. The maximum absolute atomic E-state index is 12.8. The van der Waals surface area contributed by atoms with Crippen molar-refractivity contribution in [3.63, 3.8) is 0 Å². The molecule has 1 unspecified atom stereocenters. The minimum absolute atomic E-state index is 0.0939. The molecule has 69 heavy (non-hydrogen) atoms. The Morgan fingerprint density at radius 3 is 0.899 bits per heavy atom. The number of rotatable bonds is 50. The van der Waals surface area contributed by atoms with E-state index in [0.29, 0.717) is 12.8 Å². The van der Waals surface area contributed by atoms with Crippen LogP contribution in [0, 0.1) is 0 Å². The number of esters is 3. The number of hydrogen-bond donors (Lipinski definition) is 0. The van der Waals surface area contributed by atoms with E-state index in [0.717, 1.165) is 128 Å². The summed E-state index contributed by atoms with van der Waals surface area (Å²) < 4.78 is 16.8. The second-order valence-electron chi connectivity index (χ2n) is 18.4. The van der Waals surface area contributed by atoms with Crippen molar-refractivity contribution in [1.82, 2.24) is 0 Å². The Hall–Kier alpha value is -3.93. The van der Waals surface area contributed by atoms with E-state index in [4.69, 9.17) is 14.2 Å². The predicted molar refractivity (Wildman–Crippen MR) is 297 cm³/mol. The van der Waals surface area contributed by atoms with E-state index in [1.807, 2.05) is 0 Å². The Kier molecular flexibility index (Phi) is 53.4. The first-order valence-electron chi connectivity index (χ1n) is 28.4. The van der Waals surface area contributed by atoms with Crippen LogP contribution in [0.4, 0.5) is 0 Å². The van der Waals surface area contributed by atoms with Crippen LogP contribution in [-0.2, 0) is 28.6 Å². The zero-order valence-corrected chi connectivity index (χ0v) is 44.8. The number of allylic oxidation sites excluding steroid dienone is 18. The van der Waals surface area contributed by atoms with Gasteiger partial charge in [-0.2, -0.15) is 0 Å². The maximum Gasteiger partial charge on any atom is 0.306 e. The first-order valence-corrected chi connectivity index (χ1v) is 28.4. The van der Waals surface area contributed by atoms with Crippen LogP contribution in [0.2, 0.25) is 0 Å².